The number of rotatable bonds is 6. The summed E-state index contributed by atoms with van der Waals surface area (Å²) in [6.07, 6.45) is 3.49. The van der Waals surface area contributed by atoms with Crippen LogP contribution in [0.3, 0.4) is 0 Å². The Kier molecular flexibility index (Phi) is 5.48. The van der Waals surface area contributed by atoms with Crippen LogP contribution in [-0.4, -0.2) is 27.9 Å². The third-order valence-corrected chi connectivity index (χ3v) is 3.95. The second-order valence-electron chi connectivity index (χ2n) is 5.76. The number of methoxy groups -OCH3 is 1. The van der Waals surface area contributed by atoms with Gasteiger partial charge in [-0.05, 0) is 35.9 Å². The summed E-state index contributed by atoms with van der Waals surface area (Å²) in [6, 6.07) is 13.1. The number of hydrogen-bond acceptors (Lipinski definition) is 4. The van der Waals surface area contributed by atoms with Crippen LogP contribution < -0.4 is 15.4 Å². The largest absolute Gasteiger partial charge is 0.497 e. The predicted molar refractivity (Wildman–Crippen MR) is 98.5 cm³/mol. The average Bonchev–Trinajstić information content (AvgIpc) is 3.06. The van der Waals surface area contributed by atoms with Crippen LogP contribution in [0.1, 0.15) is 11.3 Å². The Bertz CT molecular complexity index is 859. The lowest BCUT2D eigenvalue weighted by molar-refractivity contribution is 0.240. The molecule has 1 aromatic carbocycles. The average molecular weight is 351 g/mol. The van der Waals surface area contributed by atoms with Crippen LogP contribution in [0.25, 0.3) is 11.3 Å². The topological polar surface area (TPSA) is 81.1 Å². The van der Waals surface area contributed by atoms with Crippen molar-refractivity contribution in [1.82, 2.24) is 25.4 Å². The fourth-order valence-corrected chi connectivity index (χ4v) is 2.56. The number of nitrogens with one attached hydrogen (secondary N) is 2. The molecule has 0 saturated carbocycles. The summed E-state index contributed by atoms with van der Waals surface area (Å²) in [6.45, 7) is 0.799. The molecular weight excluding hydrogens is 330 g/mol. The molecule has 0 spiro atoms. The van der Waals surface area contributed by atoms with Crippen molar-refractivity contribution in [2.24, 2.45) is 7.05 Å². The number of carbonyl (C=O) groups excluding carboxylic acids is 1. The van der Waals surface area contributed by atoms with Gasteiger partial charge in [0.25, 0.3) is 0 Å². The number of hydrogen-bond donors (Lipinski definition) is 2. The SMILES string of the molecule is COc1ccc(CNC(=O)NCc2cc(-c3ccncc3)n(C)n2)cc1. The molecule has 3 rings (SSSR count). The first-order valence-electron chi connectivity index (χ1n) is 8.23. The van der Waals surface area contributed by atoms with Crippen molar-refractivity contribution >= 4 is 6.03 Å². The summed E-state index contributed by atoms with van der Waals surface area (Å²) in [5.74, 6) is 0.790. The van der Waals surface area contributed by atoms with Crippen molar-refractivity contribution < 1.29 is 9.53 Å². The number of aromatic nitrogens is 3. The van der Waals surface area contributed by atoms with Gasteiger partial charge in [-0.2, -0.15) is 5.10 Å². The Balaban J connectivity index is 1.51. The van der Waals surface area contributed by atoms with Crippen molar-refractivity contribution in [1.29, 1.82) is 0 Å². The molecule has 2 amide bonds. The highest BCUT2D eigenvalue weighted by molar-refractivity contribution is 5.73. The van der Waals surface area contributed by atoms with Crippen molar-refractivity contribution in [2.75, 3.05) is 7.11 Å². The lowest BCUT2D eigenvalue weighted by atomic mass is 10.2. The van der Waals surface area contributed by atoms with Gasteiger partial charge in [0.1, 0.15) is 5.75 Å². The van der Waals surface area contributed by atoms with Gasteiger partial charge in [-0.25, -0.2) is 4.79 Å². The lowest BCUT2D eigenvalue weighted by Gasteiger charge is -2.07. The summed E-state index contributed by atoms with van der Waals surface area (Å²) in [5.41, 5.74) is 3.80. The zero-order chi connectivity index (χ0) is 18.4. The summed E-state index contributed by atoms with van der Waals surface area (Å²) >= 11 is 0. The Morgan fingerprint density at radius 3 is 2.46 bits per heavy atom. The summed E-state index contributed by atoms with van der Waals surface area (Å²) in [5, 5.41) is 10.1. The normalized spacial score (nSPS) is 10.4. The maximum atomic E-state index is 12.0. The Hall–Kier alpha value is -3.35. The molecule has 0 unspecified atom stereocenters. The minimum atomic E-state index is -0.239. The zero-order valence-electron chi connectivity index (χ0n) is 14.8. The van der Waals surface area contributed by atoms with Crippen molar-refractivity contribution in [2.45, 2.75) is 13.1 Å². The second-order valence-corrected chi connectivity index (χ2v) is 5.76. The van der Waals surface area contributed by atoms with E-state index in [1.165, 1.54) is 0 Å². The number of ether oxygens (including phenoxy) is 1. The van der Waals surface area contributed by atoms with Crippen LogP contribution in [0.15, 0.2) is 54.9 Å². The molecule has 7 nitrogen and oxygen atoms in total. The molecule has 0 radical (unpaired) electrons. The van der Waals surface area contributed by atoms with Gasteiger partial charge in [0, 0.05) is 31.5 Å². The van der Waals surface area contributed by atoms with Gasteiger partial charge < -0.3 is 15.4 Å². The molecule has 134 valence electrons. The first-order valence-corrected chi connectivity index (χ1v) is 8.23. The lowest BCUT2D eigenvalue weighted by Crippen LogP contribution is -2.34. The van der Waals surface area contributed by atoms with E-state index in [-0.39, 0.29) is 6.03 Å². The van der Waals surface area contributed by atoms with E-state index >= 15 is 0 Å². The van der Waals surface area contributed by atoms with E-state index in [0.29, 0.717) is 13.1 Å². The molecule has 0 atom stereocenters. The summed E-state index contributed by atoms with van der Waals surface area (Å²) in [4.78, 5) is 16.0. The molecule has 0 fully saturated rings. The Morgan fingerprint density at radius 1 is 1.08 bits per heavy atom. The number of nitrogens with zero attached hydrogens (tertiary/aromatic N) is 3. The van der Waals surface area contributed by atoms with E-state index < -0.39 is 0 Å². The van der Waals surface area contributed by atoms with Crippen molar-refractivity contribution in [3.8, 4) is 17.0 Å². The van der Waals surface area contributed by atoms with E-state index in [1.54, 1.807) is 24.2 Å². The smallest absolute Gasteiger partial charge is 0.315 e. The molecular formula is C19H21N5O2. The molecule has 0 aliphatic carbocycles. The monoisotopic (exact) mass is 351 g/mol. The van der Waals surface area contributed by atoms with Crippen LogP contribution >= 0.6 is 0 Å². The van der Waals surface area contributed by atoms with Crippen LogP contribution in [0.4, 0.5) is 4.79 Å². The first kappa shape index (κ1) is 17.5. The number of pyridine rings is 1. The molecule has 7 heteroatoms. The molecule has 0 saturated heterocycles. The maximum Gasteiger partial charge on any atom is 0.315 e. The Morgan fingerprint density at radius 2 is 1.77 bits per heavy atom. The molecule has 0 bridgehead atoms. The van der Waals surface area contributed by atoms with E-state index in [9.17, 15) is 4.79 Å². The molecule has 0 aliphatic heterocycles. The van der Waals surface area contributed by atoms with Crippen molar-refractivity contribution in [3.05, 3.63) is 66.1 Å². The fraction of sp³-hybridized carbons (Fsp3) is 0.211. The van der Waals surface area contributed by atoms with Gasteiger partial charge >= 0.3 is 6.03 Å². The standard InChI is InChI=1S/C19H21N5O2/c1-24-18(15-7-9-20-10-8-15)11-16(23-24)13-22-19(25)21-12-14-3-5-17(26-2)6-4-14/h3-11H,12-13H2,1-2H3,(H2,21,22,25). The third kappa shape index (κ3) is 4.38. The molecule has 3 aromatic rings. The first-order chi connectivity index (χ1) is 12.7. The molecule has 2 heterocycles. The minimum Gasteiger partial charge on any atom is -0.497 e. The fourth-order valence-electron chi connectivity index (χ4n) is 2.56. The number of carbonyl (C=O) groups is 1. The van der Waals surface area contributed by atoms with Gasteiger partial charge in [-0.1, -0.05) is 12.1 Å². The second kappa shape index (κ2) is 8.15. The summed E-state index contributed by atoms with van der Waals surface area (Å²) < 4.78 is 6.91. The highest BCUT2D eigenvalue weighted by Crippen LogP contribution is 2.18. The molecule has 0 aliphatic rings. The molecule has 2 aromatic heterocycles. The predicted octanol–water partition coefficient (Wildman–Crippen LogP) is 2.49. The van der Waals surface area contributed by atoms with Crippen LogP contribution in [-0.2, 0) is 20.1 Å². The number of amides is 2. The van der Waals surface area contributed by atoms with Crippen molar-refractivity contribution in [3.63, 3.8) is 0 Å². The highest BCUT2D eigenvalue weighted by atomic mass is 16.5. The minimum absolute atomic E-state index is 0.239. The number of aryl methyl sites for hydroxylation is 1. The van der Waals surface area contributed by atoms with Crippen LogP contribution in [0, 0.1) is 0 Å². The van der Waals surface area contributed by atoms with Gasteiger partial charge in [-0.15, -0.1) is 0 Å². The quantitative estimate of drug-likeness (QED) is 0.715. The number of urea groups is 1. The molecule has 2 N–H and O–H groups in total. The third-order valence-electron chi connectivity index (χ3n) is 3.95. The zero-order valence-corrected chi connectivity index (χ0v) is 14.8. The van der Waals surface area contributed by atoms with E-state index in [0.717, 1.165) is 28.3 Å². The number of benzene rings is 1. The maximum absolute atomic E-state index is 12.0. The van der Waals surface area contributed by atoms with Gasteiger partial charge in [0.2, 0.25) is 0 Å². The van der Waals surface area contributed by atoms with Gasteiger partial charge in [0.15, 0.2) is 0 Å². The highest BCUT2D eigenvalue weighted by Gasteiger charge is 2.08. The van der Waals surface area contributed by atoms with E-state index in [2.05, 4.69) is 20.7 Å². The molecule has 26 heavy (non-hydrogen) atoms. The van der Waals surface area contributed by atoms with E-state index in [4.69, 9.17) is 4.74 Å². The van der Waals surface area contributed by atoms with E-state index in [1.807, 2.05) is 49.5 Å². The van der Waals surface area contributed by atoms with Crippen LogP contribution in [0.5, 0.6) is 5.75 Å². The van der Waals surface area contributed by atoms with Crippen LogP contribution in [0.2, 0.25) is 0 Å². The van der Waals surface area contributed by atoms with Gasteiger partial charge in [0.05, 0.1) is 25.0 Å². The van der Waals surface area contributed by atoms with Gasteiger partial charge in [-0.3, -0.25) is 9.67 Å². The summed E-state index contributed by atoms with van der Waals surface area (Å²) in [7, 11) is 3.50. The Labute approximate surface area is 152 Å².